The van der Waals surface area contributed by atoms with Crippen molar-refractivity contribution < 1.29 is 4.79 Å². The van der Waals surface area contributed by atoms with E-state index < -0.39 is 6.03 Å². The molecule has 70 valence electrons. The maximum absolute atomic E-state index is 9.00. The monoisotopic (exact) mass is 179 g/mol. The van der Waals surface area contributed by atoms with E-state index in [1.807, 2.05) is 0 Å². The third-order valence-corrected chi connectivity index (χ3v) is 1.73. The summed E-state index contributed by atoms with van der Waals surface area (Å²) in [7, 11) is 0. The molecule has 0 saturated carbocycles. The van der Waals surface area contributed by atoms with Crippen LogP contribution in [-0.2, 0) is 6.42 Å². The number of nitrogens with two attached hydrogens (primary N) is 2. The van der Waals surface area contributed by atoms with Crippen LogP contribution in [0.2, 0.25) is 0 Å². The second-order valence-electron chi connectivity index (χ2n) is 2.74. The quantitative estimate of drug-likeness (QED) is 0.547. The number of rotatable bonds is 0. The summed E-state index contributed by atoms with van der Waals surface area (Å²) >= 11 is 0. The fraction of sp³-hybridized carbons (Fsp3) is 0.222. The lowest BCUT2D eigenvalue weighted by atomic mass is 10.2. The number of primary amides is 2. The molecule has 4 heteroatoms. The molecular formula is C9H13N3O. The highest BCUT2D eigenvalue weighted by atomic mass is 16.2. The van der Waals surface area contributed by atoms with Gasteiger partial charge in [0.25, 0.3) is 0 Å². The summed E-state index contributed by atoms with van der Waals surface area (Å²) in [6, 6.07) is 7.63. The lowest BCUT2D eigenvalue weighted by Crippen LogP contribution is -2.18. The summed E-state index contributed by atoms with van der Waals surface area (Å²) in [5.41, 5.74) is 11.3. The fourth-order valence-corrected chi connectivity index (χ4v) is 1.24. The maximum atomic E-state index is 9.00. The molecule has 2 rings (SSSR count). The van der Waals surface area contributed by atoms with Crippen LogP contribution in [0.25, 0.3) is 0 Å². The molecule has 1 aliphatic heterocycles. The van der Waals surface area contributed by atoms with Crippen molar-refractivity contribution in [2.24, 2.45) is 11.5 Å². The standard InChI is InChI=1S/C8H9N.CH4N2O/c1-2-4-8-7(3-1)5-6-9-8;2-1(3)4/h1-4,9H,5-6H2;(H4,2,3,4). The number of hydrogen-bond donors (Lipinski definition) is 3. The number of carbonyl (C=O) groups is 1. The number of benzene rings is 1. The van der Waals surface area contributed by atoms with E-state index in [0.29, 0.717) is 0 Å². The zero-order chi connectivity index (χ0) is 9.68. The van der Waals surface area contributed by atoms with Crippen molar-refractivity contribution in [3.05, 3.63) is 29.8 Å². The van der Waals surface area contributed by atoms with E-state index in [1.54, 1.807) is 0 Å². The van der Waals surface area contributed by atoms with Crippen LogP contribution in [0.15, 0.2) is 24.3 Å². The van der Waals surface area contributed by atoms with Crippen LogP contribution in [-0.4, -0.2) is 12.6 Å². The summed E-state index contributed by atoms with van der Waals surface area (Å²) in [6.45, 7) is 1.11. The van der Waals surface area contributed by atoms with Crippen LogP contribution in [0.4, 0.5) is 10.5 Å². The number of hydrogen-bond acceptors (Lipinski definition) is 2. The van der Waals surface area contributed by atoms with Gasteiger partial charge in [0, 0.05) is 12.2 Å². The van der Waals surface area contributed by atoms with E-state index in [9.17, 15) is 0 Å². The molecule has 0 saturated heterocycles. The number of nitrogens with one attached hydrogen (secondary N) is 1. The first-order chi connectivity index (χ1) is 6.20. The molecule has 0 atom stereocenters. The highest BCUT2D eigenvalue weighted by Gasteiger charge is 2.05. The molecule has 0 bridgehead atoms. The summed E-state index contributed by atoms with van der Waals surface area (Å²) < 4.78 is 0. The van der Waals surface area contributed by atoms with Crippen LogP contribution in [0.5, 0.6) is 0 Å². The molecule has 0 radical (unpaired) electrons. The third-order valence-electron chi connectivity index (χ3n) is 1.73. The summed E-state index contributed by atoms with van der Waals surface area (Å²) in [6.07, 6.45) is 1.19. The normalized spacial score (nSPS) is 12.0. The lowest BCUT2D eigenvalue weighted by Gasteiger charge is -1.94. The predicted molar refractivity (Wildman–Crippen MR) is 52.4 cm³/mol. The predicted octanol–water partition coefficient (Wildman–Crippen LogP) is 0.678. The van der Waals surface area contributed by atoms with Gasteiger partial charge in [-0.1, -0.05) is 18.2 Å². The van der Waals surface area contributed by atoms with Crippen molar-refractivity contribution in [2.75, 3.05) is 11.9 Å². The Bertz CT molecular complexity index is 272. The van der Waals surface area contributed by atoms with E-state index in [-0.39, 0.29) is 0 Å². The average molecular weight is 179 g/mol. The van der Waals surface area contributed by atoms with Gasteiger partial charge in [0.2, 0.25) is 0 Å². The lowest BCUT2D eigenvalue weighted by molar-refractivity contribution is 0.256. The Hall–Kier alpha value is -1.71. The number of para-hydroxylation sites is 1. The van der Waals surface area contributed by atoms with Gasteiger partial charge in [-0.25, -0.2) is 4.79 Å². The van der Waals surface area contributed by atoms with Crippen LogP contribution < -0.4 is 16.8 Å². The van der Waals surface area contributed by atoms with Crippen molar-refractivity contribution in [3.63, 3.8) is 0 Å². The Labute approximate surface area is 76.9 Å². The molecule has 0 aromatic heterocycles. The first kappa shape index (κ1) is 9.38. The maximum Gasteiger partial charge on any atom is 0.309 e. The Morgan fingerprint density at radius 1 is 1.31 bits per heavy atom. The molecule has 13 heavy (non-hydrogen) atoms. The van der Waals surface area contributed by atoms with Gasteiger partial charge in [-0.05, 0) is 18.1 Å². The number of anilines is 1. The van der Waals surface area contributed by atoms with Crippen LogP contribution in [0.3, 0.4) is 0 Å². The zero-order valence-corrected chi connectivity index (χ0v) is 7.29. The minimum atomic E-state index is -0.833. The Balaban J connectivity index is 0.000000184. The van der Waals surface area contributed by atoms with E-state index >= 15 is 0 Å². The van der Waals surface area contributed by atoms with Crippen molar-refractivity contribution in [1.29, 1.82) is 0 Å². The largest absolute Gasteiger partial charge is 0.384 e. The molecule has 4 nitrogen and oxygen atoms in total. The molecule has 0 aliphatic carbocycles. The molecule has 5 N–H and O–H groups in total. The van der Waals surface area contributed by atoms with Crippen molar-refractivity contribution in [3.8, 4) is 0 Å². The number of amides is 2. The molecule has 0 spiro atoms. The number of carbonyl (C=O) groups excluding carboxylic acids is 1. The minimum Gasteiger partial charge on any atom is -0.384 e. The summed E-state index contributed by atoms with van der Waals surface area (Å²) in [5.74, 6) is 0. The first-order valence-corrected chi connectivity index (χ1v) is 4.07. The van der Waals surface area contributed by atoms with Gasteiger partial charge in [-0.15, -0.1) is 0 Å². The molecule has 0 unspecified atom stereocenters. The number of fused-ring (bicyclic) bond motifs is 1. The summed E-state index contributed by atoms with van der Waals surface area (Å²) in [5, 5.41) is 3.30. The zero-order valence-electron chi connectivity index (χ0n) is 7.29. The van der Waals surface area contributed by atoms with Gasteiger partial charge in [-0.2, -0.15) is 0 Å². The molecular weight excluding hydrogens is 166 g/mol. The highest BCUT2D eigenvalue weighted by molar-refractivity contribution is 5.69. The van der Waals surface area contributed by atoms with Gasteiger partial charge in [0.05, 0.1) is 0 Å². The van der Waals surface area contributed by atoms with E-state index in [0.717, 1.165) is 6.54 Å². The molecule has 1 heterocycles. The minimum absolute atomic E-state index is 0.833. The van der Waals surface area contributed by atoms with Crippen LogP contribution >= 0.6 is 0 Å². The Kier molecular flexibility index (Phi) is 3.14. The first-order valence-electron chi connectivity index (χ1n) is 4.07. The Morgan fingerprint density at radius 2 is 1.92 bits per heavy atom. The molecule has 1 aromatic rings. The third kappa shape index (κ3) is 3.02. The smallest absolute Gasteiger partial charge is 0.309 e. The van der Waals surface area contributed by atoms with Gasteiger partial charge < -0.3 is 16.8 Å². The van der Waals surface area contributed by atoms with Crippen molar-refractivity contribution >= 4 is 11.7 Å². The van der Waals surface area contributed by atoms with Crippen molar-refractivity contribution in [1.82, 2.24) is 0 Å². The van der Waals surface area contributed by atoms with Gasteiger partial charge in [0.1, 0.15) is 0 Å². The molecule has 1 aromatic carbocycles. The van der Waals surface area contributed by atoms with Gasteiger partial charge in [0.15, 0.2) is 0 Å². The fourth-order valence-electron chi connectivity index (χ4n) is 1.24. The van der Waals surface area contributed by atoms with Gasteiger partial charge in [-0.3, -0.25) is 0 Å². The second kappa shape index (κ2) is 4.35. The van der Waals surface area contributed by atoms with Crippen molar-refractivity contribution in [2.45, 2.75) is 6.42 Å². The van der Waals surface area contributed by atoms with Crippen LogP contribution in [0.1, 0.15) is 5.56 Å². The Morgan fingerprint density at radius 3 is 2.54 bits per heavy atom. The average Bonchev–Trinajstić information content (AvgIpc) is 2.49. The second-order valence-corrected chi connectivity index (χ2v) is 2.74. The van der Waals surface area contributed by atoms with E-state index in [1.165, 1.54) is 17.7 Å². The topological polar surface area (TPSA) is 81.1 Å². The molecule has 0 fully saturated rings. The molecule has 1 aliphatic rings. The summed E-state index contributed by atoms with van der Waals surface area (Å²) in [4.78, 5) is 9.00. The SMILES string of the molecule is NC(N)=O.c1ccc2c(c1)CCN2. The number of urea groups is 1. The van der Waals surface area contributed by atoms with E-state index in [4.69, 9.17) is 4.79 Å². The van der Waals surface area contributed by atoms with Crippen LogP contribution in [0, 0.1) is 0 Å². The van der Waals surface area contributed by atoms with E-state index in [2.05, 4.69) is 41.0 Å². The van der Waals surface area contributed by atoms with Gasteiger partial charge >= 0.3 is 6.03 Å². The molecule has 2 amide bonds. The highest BCUT2D eigenvalue weighted by Crippen LogP contribution is 2.19.